The first-order chi connectivity index (χ1) is 11.5. The Balaban J connectivity index is 1.55. The molecule has 0 bridgehead atoms. The SMILES string of the molecule is Cc1ccc(F)c(NC(=O)CNCc2ccc3[nH]c(C)cc3c2)c1. The molecular formula is C19H20FN3O. The van der Waals surface area contributed by atoms with E-state index in [-0.39, 0.29) is 18.1 Å². The van der Waals surface area contributed by atoms with Crippen LogP contribution in [0.1, 0.15) is 16.8 Å². The smallest absolute Gasteiger partial charge is 0.238 e. The van der Waals surface area contributed by atoms with Crippen molar-refractivity contribution in [3.8, 4) is 0 Å². The highest BCUT2D eigenvalue weighted by Gasteiger charge is 2.07. The molecule has 3 rings (SSSR count). The fourth-order valence-electron chi connectivity index (χ4n) is 2.69. The second-order valence-electron chi connectivity index (χ2n) is 6.01. The number of fused-ring (bicyclic) bond motifs is 1. The van der Waals surface area contributed by atoms with Crippen LogP contribution in [0.4, 0.5) is 10.1 Å². The molecule has 4 nitrogen and oxygen atoms in total. The number of aryl methyl sites for hydroxylation is 2. The van der Waals surface area contributed by atoms with Gasteiger partial charge < -0.3 is 15.6 Å². The summed E-state index contributed by atoms with van der Waals surface area (Å²) in [6, 6.07) is 12.9. The quantitative estimate of drug-likeness (QED) is 0.670. The molecule has 124 valence electrons. The zero-order valence-electron chi connectivity index (χ0n) is 13.7. The lowest BCUT2D eigenvalue weighted by Gasteiger charge is -2.08. The van der Waals surface area contributed by atoms with Gasteiger partial charge in [0.05, 0.1) is 12.2 Å². The first-order valence-electron chi connectivity index (χ1n) is 7.86. The predicted octanol–water partition coefficient (Wildman–Crippen LogP) is 3.65. The topological polar surface area (TPSA) is 56.9 Å². The van der Waals surface area contributed by atoms with Gasteiger partial charge >= 0.3 is 0 Å². The van der Waals surface area contributed by atoms with Gasteiger partial charge in [0.25, 0.3) is 0 Å². The van der Waals surface area contributed by atoms with Gasteiger partial charge in [-0.1, -0.05) is 12.1 Å². The second kappa shape index (κ2) is 6.84. The van der Waals surface area contributed by atoms with Gasteiger partial charge in [-0.15, -0.1) is 0 Å². The van der Waals surface area contributed by atoms with Crippen molar-refractivity contribution in [3.63, 3.8) is 0 Å². The molecule has 0 unspecified atom stereocenters. The maximum Gasteiger partial charge on any atom is 0.238 e. The van der Waals surface area contributed by atoms with Crippen molar-refractivity contribution in [1.82, 2.24) is 10.3 Å². The molecule has 0 aliphatic carbocycles. The van der Waals surface area contributed by atoms with Gasteiger partial charge in [-0.2, -0.15) is 0 Å². The van der Waals surface area contributed by atoms with E-state index in [9.17, 15) is 9.18 Å². The van der Waals surface area contributed by atoms with E-state index in [1.165, 1.54) is 6.07 Å². The minimum absolute atomic E-state index is 0.123. The number of hydrogen-bond acceptors (Lipinski definition) is 2. The van der Waals surface area contributed by atoms with Crippen LogP contribution in [0.3, 0.4) is 0 Å². The summed E-state index contributed by atoms with van der Waals surface area (Å²) in [5.41, 5.74) is 4.43. The minimum Gasteiger partial charge on any atom is -0.359 e. The van der Waals surface area contributed by atoms with E-state index in [2.05, 4.69) is 27.8 Å². The first kappa shape index (κ1) is 16.2. The fraction of sp³-hybridized carbons (Fsp3) is 0.211. The lowest BCUT2D eigenvalue weighted by atomic mass is 10.1. The molecule has 3 aromatic rings. The number of aromatic nitrogens is 1. The van der Waals surface area contributed by atoms with E-state index in [0.717, 1.165) is 27.7 Å². The lowest BCUT2D eigenvalue weighted by Crippen LogP contribution is -2.28. The Morgan fingerprint density at radius 1 is 1.12 bits per heavy atom. The van der Waals surface area contributed by atoms with E-state index < -0.39 is 5.82 Å². The third-order valence-electron chi connectivity index (χ3n) is 3.83. The molecule has 0 radical (unpaired) electrons. The number of benzene rings is 2. The van der Waals surface area contributed by atoms with Crippen molar-refractivity contribution in [3.05, 3.63) is 65.1 Å². The first-order valence-corrected chi connectivity index (χ1v) is 7.86. The Labute approximate surface area is 140 Å². The number of H-pyrrole nitrogens is 1. The van der Waals surface area contributed by atoms with Gasteiger partial charge in [-0.05, 0) is 60.7 Å². The highest BCUT2D eigenvalue weighted by atomic mass is 19.1. The Kier molecular flexibility index (Phi) is 4.62. The maximum atomic E-state index is 13.6. The van der Waals surface area contributed by atoms with Crippen molar-refractivity contribution >= 4 is 22.5 Å². The number of carbonyl (C=O) groups is 1. The second-order valence-corrected chi connectivity index (χ2v) is 6.01. The molecule has 1 aromatic heterocycles. The molecule has 3 N–H and O–H groups in total. The number of halogens is 1. The van der Waals surface area contributed by atoms with Crippen molar-refractivity contribution in [1.29, 1.82) is 0 Å². The van der Waals surface area contributed by atoms with E-state index >= 15 is 0 Å². The van der Waals surface area contributed by atoms with Crippen LogP contribution in [0, 0.1) is 19.7 Å². The number of hydrogen-bond donors (Lipinski definition) is 3. The Bertz CT molecular complexity index is 885. The normalized spacial score (nSPS) is 11.0. The van der Waals surface area contributed by atoms with Crippen molar-refractivity contribution < 1.29 is 9.18 Å². The third kappa shape index (κ3) is 3.81. The Hall–Kier alpha value is -2.66. The van der Waals surface area contributed by atoms with Gasteiger partial charge in [0.2, 0.25) is 5.91 Å². The molecule has 0 aliphatic rings. The van der Waals surface area contributed by atoms with Crippen LogP contribution in [0.15, 0.2) is 42.5 Å². The van der Waals surface area contributed by atoms with Crippen LogP contribution < -0.4 is 10.6 Å². The molecule has 2 aromatic carbocycles. The predicted molar refractivity (Wildman–Crippen MR) is 94.5 cm³/mol. The van der Waals surface area contributed by atoms with Gasteiger partial charge in [0.15, 0.2) is 0 Å². The molecular weight excluding hydrogens is 305 g/mol. The molecule has 24 heavy (non-hydrogen) atoms. The van der Waals surface area contributed by atoms with E-state index in [1.54, 1.807) is 12.1 Å². The molecule has 0 saturated carbocycles. The highest BCUT2D eigenvalue weighted by Crippen LogP contribution is 2.17. The largest absolute Gasteiger partial charge is 0.359 e. The number of nitrogens with one attached hydrogen (secondary N) is 3. The molecule has 0 aliphatic heterocycles. The molecule has 1 amide bonds. The van der Waals surface area contributed by atoms with Gasteiger partial charge in [0.1, 0.15) is 5.82 Å². The summed E-state index contributed by atoms with van der Waals surface area (Å²) in [5, 5.41) is 6.82. The summed E-state index contributed by atoms with van der Waals surface area (Å²) in [6.07, 6.45) is 0. The molecule has 0 saturated heterocycles. The zero-order chi connectivity index (χ0) is 17.1. The average molecular weight is 325 g/mol. The van der Waals surface area contributed by atoms with E-state index in [0.29, 0.717) is 6.54 Å². The zero-order valence-corrected chi connectivity index (χ0v) is 13.7. The summed E-state index contributed by atoms with van der Waals surface area (Å²) in [4.78, 5) is 15.2. The minimum atomic E-state index is -0.428. The van der Waals surface area contributed by atoms with Crippen LogP contribution in [0.25, 0.3) is 10.9 Å². The fourth-order valence-corrected chi connectivity index (χ4v) is 2.69. The van der Waals surface area contributed by atoms with Gasteiger partial charge in [-0.3, -0.25) is 4.79 Å². The number of aromatic amines is 1. The van der Waals surface area contributed by atoms with Crippen LogP contribution >= 0.6 is 0 Å². The van der Waals surface area contributed by atoms with E-state index in [1.807, 2.05) is 26.0 Å². The van der Waals surface area contributed by atoms with Gasteiger partial charge in [0, 0.05) is 17.8 Å². The standard InChI is InChI=1S/C19H20FN3O/c1-12-3-5-16(20)18(7-12)23-19(24)11-21-10-14-4-6-17-15(9-14)8-13(2)22-17/h3-9,21-22H,10-11H2,1-2H3,(H,23,24). The average Bonchev–Trinajstić information content (AvgIpc) is 2.90. The molecule has 0 fully saturated rings. The Morgan fingerprint density at radius 3 is 2.79 bits per heavy atom. The van der Waals surface area contributed by atoms with Crippen LogP contribution in [-0.4, -0.2) is 17.4 Å². The summed E-state index contributed by atoms with van der Waals surface area (Å²) in [7, 11) is 0. The van der Waals surface area contributed by atoms with Crippen LogP contribution in [0.5, 0.6) is 0 Å². The molecule has 5 heteroatoms. The summed E-state index contributed by atoms with van der Waals surface area (Å²) < 4.78 is 13.6. The van der Waals surface area contributed by atoms with Crippen molar-refractivity contribution in [2.45, 2.75) is 20.4 Å². The van der Waals surface area contributed by atoms with Crippen molar-refractivity contribution in [2.75, 3.05) is 11.9 Å². The van der Waals surface area contributed by atoms with E-state index in [4.69, 9.17) is 0 Å². The number of anilines is 1. The van der Waals surface area contributed by atoms with Crippen LogP contribution in [0.2, 0.25) is 0 Å². The highest BCUT2D eigenvalue weighted by molar-refractivity contribution is 5.92. The summed E-state index contributed by atoms with van der Waals surface area (Å²) in [5.74, 6) is -0.694. The van der Waals surface area contributed by atoms with Gasteiger partial charge in [-0.25, -0.2) is 4.39 Å². The third-order valence-corrected chi connectivity index (χ3v) is 3.83. The van der Waals surface area contributed by atoms with Crippen molar-refractivity contribution in [2.24, 2.45) is 0 Å². The lowest BCUT2D eigenvalue weighted by molar-refractivity contribution is -0.115. The van der Waals surface area contributed by atoms with Crippen LogP contribution in [-0.2, 0) is 11.3 Å². The maximum absolute atomic E-state index is 13.6. The molecule has 0 spiro atoms. The summed E-state index contributed by atoms with van der Waals surface area (Å²) in [6.45, 7) is 4.57. The number of rotatable bonds is 5. The number of carbonyl (C=O) groups excluding carboxylic acids is 1. The Morgan fingerprint density at radius 2 is 1.96 bits per heavy atom. The molecule has 0 atom stereocenters. The summed E-state index contributed by atoms with van der Waals surface area (Å²) >= 11 is 0. The molecule has 1 heterocycles. The number of amides is 1. The monoisotopic (exact) mass is 325 g/mol.